The van der Waals surface area contributed by atoms with Gasteiger partial charge >= 0.3 is 5.97 Å². The molecule has 162 valence electrons. The number of para-hydroxylation sites is 1. The van der Waals surface area contributed by atoms with E-state index in [4.69, 9.17) is 4.74 Å². The number of esters is 1. The minimum Gasteiger partial charge on any atom is -0.455 e. The molecule has 31 heavy (non-hydrogen) atoms. The number of anilines is 2. The SMILES string of the molecule is Cc1ccc(NC(=O)COC(=O)[C@@H]2CC(=O)N(c3c(C)cccc3C)C2)cc1[N+](=O)[O-]. The lowest BCUT2D eigenvalue weighted by Crippen LogP contribution is -2.29. The molecular formula is C22H23N3O6. The lowest BCUT2D eigenvalue weighted by molar-refractivity contribution is -0.385. The zero-order valence-electron chi connectivity index (χ0n) is 17.5. The summed E-state index contributed by atoms with van der Waals surface area (Å²) < 4.78 is 5.09. The summed E-state index contributed by atoms with van der Waals surface area (Å²) in [5.74, 6) is -2.09. The molecule has 1 fully saturated rings. The molecule has 1 N–H and O–H groups in total. The summed E-state index contributed by atoms with van der Waals surface area (Å²) in [6.45, 7) is 5.04. The first-order valence-electron chi connectivity index (χ1n) is 9.75. The van der Waals surface area contributed by atoms with Crippen LogP contribution in [0.25, 0.3) is 0 Å². The zero-order valence-corrected chi connectivity index (χ0v) is 17.5. The van der Waals surface area contributed by atoms with E-state index in [2.05, 4.69) is 5.32 Å². The number of ether oxygens (including phenoxy) is 1. The number of hydrogen-bond donors (Lipinski definition) is 1. The van der Waals surface area contributed by atoms with Gasteiger partial charge in [-0.15, -0.1) is 0 Å². The summed E-state index contributed by atoms with van der Waals surface area (Å²) in [5, 5.41) is 13.5. The van der Waals surface area contributed by atoms with Gasteiger partial charge in [-0.1, -0.05) is 24.3 Å². The van der Waals surface area contributed by atoms with E-state index < -0.39 is 29.3 Å². The van der Waals surface area contributed by atoms with Crippen molar-refractivity contribution in [3.05, 3.63) is 63.2 Å². The first kappa shape index (κ1) is 21.9. The number of nitrogens with zero attached hydrogens (tertiary/aromatic N) is 2. The lowest BCUT2D eigenvalue weighted by atomic mass is 10.1. The van der Waals surface area contributed by atoms with Gasteiger partial charge < -0.3 is 15.0 Å². The van der Waals surface area contributed by atoms with Crippen molar-refractivity contribution in [2.75, 3.05) is 23.4 Å². The molecule has 9 heteroatoms. The molecule has 0 unspecified atom stereocenters. The minimum atomic E-state index is -0.667. The maximum atomic E-state index is 12.5. The molecule has 0 saturated carbocycles. The van der Waals surface area contributed by atoms with Crippen LogP contribution in [0, 0.1) is 36.8 Å². The maximum Gasteiger partial charge on any atom is 0.311 e. The summed E-state index contributed by atoms with van der Waals surface area (Å²) >= 11 is 0. The summed E-state index contributed by atoms with van der Waals surface area (Å²) in [6.07, 6.45) is 0.0123. The molecule has 0 aliphatic carbocycles. The number of rotatable bonds is 6. The number of nitrogens with one attached hydrogen (secondary N) is 1. The molecule has 0 aromatic heterocycles. The summed E-state index contributed by atoms with van der Waals surface area (Å²) in [6, 6.07) is 10.0. The smallest absolute Gasteiger partial charge is 0.311 e. The topological polar surface area (TPSA) is 119 Å². The Hall–Kier alpha value is -3.75. The molecule has 3 rings (SSSR count). The van der Waals surface area contributed by atoms with Crippen LogP contribution in [0.4, 0.5) is 17.1 Å². The van der Waals surface area contributed by atoms with Crippen LogP contribution in [0.5, 0.6) is 0 Å². The third-order valence-corrected chi connectivity index (χ3v) is 5.20. The minimum absolute atomic E-state index is 0.0123. The molecule has 1 aliphatic heterocycles. The van der Waals surface area contributed by atoms with Crippen molar-refractivity contribution in [1.29, 1.82) is 0 Å². The van der Waals surface area contributed by atoms with Gasteiger partial charge in [0, 0.05) is 36.0 Å². The molecule has 2 amide bonds. The largest absolute Gasteiger partial charge is 0.455 e. The van der Waals surface area contributed by atoms with E-state index in [0.29, 0.717) is 5.56 Å². The molecule has 1 atom stereocenters. The van der Waals surface area contributed by atoms with Gasteiger partial charge in [-0.05, 0) is 38.0 Å². The quantitative estimate of drug-likeness (QED) is 0.432. The Morgan fingerprint density at radius 2 is 1.84 bits per heavy atom. The first-order chi connectivity index (χ1) is 14.7. The predicted octanol–water partition coefficient (Wildman–Crippen LogP) is 3.05. The van der Waals surface area contributed by atoms with Crippen molar-refractivity contribution in [3.8, 4) is 0 Å². The van der Waals surface area contributed by atoms with Gasteiger partial charge in [-0.2, -0.15) is 0 Å². The standard InChI is InChI=1S/C22H23N3O6/c1-13-7-8-17(10-18(13)25(29)30)23-19(26)12-31-22(28)16-9-20(27)24(11-16)21-14(2)5-4-6-15(21)3/h4-8,10,16H,9,11-12H2,1-3H3,(H,23,26)/t16-/m1/s1. The van der Waals surface area contributed by atoms with E-state index in [-0.39, 0.29) is 30.2 Å². The number of aryl methyl sites for hydroxylation is 3. The van der Waals surface area contributed by atoms with Crippen LogP contribution in [0.15, 0.2) is 36.4 Å². The number of carbonyl (C=O) groups excluding carboxylic acids is 3. The lowest BCUT2D eigenvalue weighted by Gasteiger charge is -2.21. The highest BCUT2D eigenvalue weighted by Crippen LogP contribution is 2.31. The Kier molecular flexibility index (Phi) is 6.33. The van der Waals surface area contributed by atoms with Crippen molar-refractivity contribution < 1.29 is 24.0 Å². The number of benzene rings is 2. The number of carbonyl (C=O) groups is 3. The first-order valence-corrected chi connectivity index (χ1v) is 9.75. The van der Waals surface area contributed by atoms with E-state index >= 15 is 0 Å². The normalized spacial score (nSPS) is 15.6. The Labute approximate surface area is 179 Å². The second-order valence-corrected chi connectivity index (χ2v) is 7.56. The predicted molar refractivity (Wildman–Crippen MR) is 114 cm³/mol. The van der Waals surface area contributed by atoms with Gasteiger partial charge in [0.05, 0.1) is 10.8 Å². The van der Waals surface area contributed by atoms with Gasteiger partial charge in [-0.25, -0.2) is 0 Å². The molecule has 0 bridgehead atoms. The Balaban J connectivity index is 1.58. The van der Waals surface area contributed by atoms with Crippen LogP contribution in [0.2, 0.25) is 0 Å². The Bertz CT molecular complexity index is 1040. The average Bonchev–Trinajstić information content (AvgIpc) is 3.09. The highest BCUT2D eigenvalue weighted by molar-refractivity contribution is 6.01. The van der Waals surface area contributed by atoms with Crippen molar-refractivity contribution in [2.45, 2.75) is 27.2 Å². The van der Waals surface area contributed by atoms with Crippen molar-refractivity contribution in [1.82, 2.24) is 0 Å². The molecule has 9 nitrogen and oxygen atoms in total. The zero-order chi connectivity index (χ0) is 22.7. The maximum absolute atomic E-state index is 12.5. The molecule has 0 spiro atoms. The third kappa shape index (κ3) is 4.88. The molecular weight excluding hydrogens is 402 g/mol. The fourth-order valence-corrected chi connectivity index (χ4v) is 3.65. The van der Waals surface area contributed by atoms with E-state index in [1.807, 2.05) is 32.0 Å². The van der Waals surface area contributed by atoms with Gasteiger partial charge in [0.2, 0.25) is 5.91 Å². The second-order valence-electron chi connectivity index (χ2n) is 7.56. The van der Waals surface area contributed by atoms with E-state index in [1.54, 1.807) is 11.8 Å². The van der Waals surface area contributed by atoms with Crippen LogP contribution < -0.4 is 10.2 Å². The van der Waals surface area contributed by atoms with Gasteiger partial charge in [0.15, 0.2) is 6.61 Å². The van der Waals surface area contributed by atoms with E-state index in [9.17, 15) is 24.5 Å². The van der Waals surface area contributed by atoms with Crippen LogP contribution in [-0.2, 0) is 19.1 Å². The fourth-order valence-electron chi connectivity index (χ4n) is 3.65. The number of amides is 2. The molecule has 1 aliphatic rings. The summed E-state index contributed by atoms with van der Waals surface area (Å²) in [7, 11) is 0. The highest BCUT2D eigenvalue weighted by atomic mass is 16.6. The number of hydrogen-bond acceptors (Lipinski definition) is 6. The molecule has 1 heterocycles. The average molecular weight is 425 g/mol. The summed E-state index contributed by atoms with van der Waals surface area (Å²) in [5.41, 5.74) is 3.25. The van der Waals surface area contributed by atoms with Crippen molar-refractivity contribution in [2.24, 2.45) is 5.92 Å². The van der Waals surface area contributed by atoms with Crippen molar-refractivity contribution >= 4 is 34.8 Å². The van der Waals surface area contributed by atoms with Crippen LogP contribution in [-0.4, -0.2) is 35.9 Å². The second kappa shape index (κ2) is 8.95. The van der Waals surface area contributed by atoms with Crippen LogP contribution >= 0.6 is 0 Å². The molecule has 1 saturated heterocycles. The van der Waals surface area contributed by atoms with Crippen molar-refractivity contribution in [3.63, 3.8) is 0 Å². The molecule has 2 aromatic rings. The highest BCUT2D eigenvalue weighted by Gasteiger charge is 2.37. The Morgan fingerprint density at radius 1 is 1.16 bits per heavy atom. The number of nitro groups is 1. The number of nitro benzene ring substituents is 1. The van der Waals surface area contributed by atoms with E-state index in [1.165, 1.54) is 18.2 Å². The van der Waals surface area contributed by atoms with Crippen LogP contribution in [0.3, 0.4) is 0 Å². The molecule has 0 radical (unpaired) electrons. The summed E-state index contributed by atoms with van der Waals surface area (Å²) in [4.78, 5) is 49.0. The van der Waals surface area contributed by atoms with E-state index in [0.717, 1.165) is 16.8 Å². The van der Waals surface area contributed by atoms with Gasteiger partial charge in [-0.3, -0.25) is 24.5 Å². The fraction of sp³-hybridized carbons (Fsp3) is 0.318. The molecule has 2 aromatic carbocycles. The monoisotopic (exact) mass is 425 g/mol. The Morgan fingerprint density at radius 3 is 2.48 bits per heavy atom. The van der Waals surface area contributed by atoms with Gasteiger partial charge in [0.25, 0.3) is 11.6 Å². The van der Waals surface area contributed by atoms with Crippen LogP contribution in [0.1, 0.15) is 23.1 Å². The van der Waals surface area contributed by atoms with Gasteiger partial charge in [0.1, 0.15) is 0 Å². The third-order valence-electron chi connectivity index (χ3n) is 5.20.